The lowest BCUT2D eigenvalue weighted by molar-refractivity contribution is -0.132. The van der Waals surface area contributed by atoms with Gasteiger partial charge in [-0.1, -0.05) is 12.1 Å². The summed E-state index contributed by atoms with van der Waals surface area (Å²) in [5.74, 6) is -0.0371. The fourth-order valence-corrected chi connectivity index (χ4v) is 4.57. The first kappa shape index (κ1) is 18.9. The quantitative estimate of drug-likeness (QED) is 0.779. The zero-order chi connectivity index (χ0) is 18.5. The number of halogens is 1. The van der Waals surface area contributed by atoms with E-state index in [9.17, 15) is 14.7 Å². The molecule has 138 valence electrons. The van der Waals surface area contributed by atoms with Crippen LogP contribution in [0.1, 0.15) is 28.1 Å². The Balaban J connectivity index is 1.45. The van der Waals surface area contributed by atoms with Crippen LogP contribution in [0.25, 0.3) is 0 Å². The molecule has 0 radical (unpaired) electrons. The Morgan fingerprint density at radius 3 is 2.38 bits per heavy atom. The van der Waals surface area contributed by atoms with Crippen molar-refractivity contribution in [1.82, 2.24) is 9.80 Å². The van der Waals surface area contributed by atoms with E-state index in [2.05, 4.69) is 22.0 Å². The molecule has 2 heterocycles. The maximum absolute atomic E-state index is 12.5. The summed E-state index contributed by atoms with van der Waals surface area (Å²) < 4.78 is 1.11. The van der Waals surface area contributed by atoms with Crippen molar-refractivity contribution in [2.75, 3.05) is 26.2 Å². The van der Waals surface area contributed by atoms with Crippen LogP contribution in [-0.4, -0.2) is 52.9 Å². The molecule has 0 saturated carbocycles. The summed E-state index contributed by atoms with van der Waals surface area (Å²) in [4.78, 5) is 29.7. The maximum atomic E-state index is 12.5. The van der Waals surface area contributed by atoms with Crippen molar-refractivity contribution in [1.29, 1.82) is 0 Å². The number of thiophene rings is 1. The van der Waals surface area contributed by atoms with E-state index < -0.39 is 0 Å². The third-order valence-corrected chi connectivity index (χ3v) is 6.18. The number of hydrogen-bond acceptors (Lipinski definition) is 4. The molecule has 26 heavy (non-hydrogen) atoms. The Hall–Kier alpha value is -1.86. The van der Waals surface area contributed by atoms with Gasteiger partial charge in [0.25, 0.3) is 5.91 Å². The summed E-state index contributed by atoms with van der Waals surface area (Å²) in [6, 6.07) is 10.7. The Morgan fingerprint density at radius 2 is 1.73 bits per heavy atom. The van der Waals surface area contributed by atoms with E-state index in [1.165, 1.54) is 10.9 Å². The van der Waals surface area contributed by atoms with Crippen LogP contribution >= 0.6 is 27.3 Å². The molecule has 0 atom stereocenters. The highest BCUT2D eigenvalue weighted by Crippen LogP contribution is 2.23. The molecular weight excluding hydrogens is 416 g/mol. The lowest BCUT2D eigenvalue weighted by Gasteiger charge is -2.35. The summed E-state index contributed by atoms with van der Waals surface area (Å²) in [7, 11) is 0. The molecule has 0 bridgehead atoms. The lowest BCUT2D eigenvalue weighted by Crippen LogP contribution is -2.50. The molecule has 1 saturated heterocycles. The van der Waals surface area contributed by atoms with Crippen molar-refractivity contribution in [2.45, 2.75) is 19.3 Å². The second-order valence-corrected chi connectivity index (χ2v) is 8.80. The van der Waals surface area contributed by atoms with Gasteiger partial charge in [0.05, 0.1) is 9.35 Å². The van der Waals surface area contributed by atoms with Crippen LogP contribution in [0, 0.1) is 0 Å². The largest absolute Gasteiger partial charge is 0.507 e. The average molecular weight is 437 g/mol. The first-order chi connectivity index (χ1) is 12.5. The maximum Gasteiger partial charge on any atom is 0.257 e. The van der Waals surface area contributed by atoms with Crippen LogP contribution in [-0.2, 0) is 11.2 Å². The minimum Gasteiger partial charge on any atom is -0.507 e. The average Bonchev–Trinajstić information content (AvgIpc) is 3.07. The Labute approximate surface area is 165 Å². The standard InChI is InChI=1S/C19H21BrN2O3S/c20-17-9-8-14(26-17)4-3-7-18(24)21-10-12-22(13-11-21)19(25)15-5-1-2-6-16(15)23/h1-2,5-6,8-9,23H,3-4,7,10-13H2. The number of amides is 2. The van der Waals surface area contributed by atoms with Crippen molar-refractivity contribution in [3.05, 3.63) is 50.6 Å². The predicted molar refractivity (Wildman–Crippen MR) is 106 cm³/mol. The molecule has 1 aliphatic heterocycles. The van der Waals surface area contributed by atoms with E-state index in [-0.39, 0.29) is 17.6 Å². The molecule has 1 aromatic carbocycles. The van der Waals surface area contributed by atoms with Gasteiger partial charge in [0, 0.05) is 37.5 Å². The minimum absolute atomic E-state index is 0.00350. The number of nitrogens with zero attached hydrogens (tertiary/aromatic N) is 2. The van der Waals surface area contributed by atoms with E-state index in [0.717, 1.165) is 16.6 Å². The molecule has 3 rings (SSSR count). The number of piperazine rings is 1. The van der Waals surface area contributed by atoms with Gasteiger partial charge in [-0.15, -0.1) is 11.3 Å². The molecule has 0 unspecified atom stereocenters. The monoisotopic (exact) mass is 436 g/mol. The van der Waals surface area contributed by atoms with Crippen molar-refractivity contribution < 1.29 is 14.7 Å². The SMILES string of the molecule is O=C(CCCc1ccc(Br)s1)N1CCN(C(=O)c2ccccc2O)CC1. The molecule has 1 fully saturated rings. The Bertz CT molecular complexity index is 785. The van der Waals surface area contributed by atoms with E-state index in [1.54, 1.807) is 34.4 Å². The molecule has 1 aliphatic rings. The number of carbonyl (C=O) groups is 2. The lowest BCUT2D eigenvalue weighted by atomic mass is 10.1. The van der Waals surface area contributed by atoms with Crippen LogP contribution in [0.3, 0.4) is 0 Å². The fourth-order valence-electron chi connectivity index (χ4n) is 3.04. The van der Waals surface area contributed by atoms with Gasteiger partial charge in [-0.2, -0.15) is 0 Å². The number of hydrogen-bond donors (Lipinski definition) is 1. The normalized spacial score (nSPS) is 14.5. The smallest absolute Gasteiger partial charge is 0.257 e. The van der Waals surface area contributed by atoms with Crippen molar-refractivity contribution in [3.8, 4) is 5.75 Å². The minimum atomic E-state index is -0.182. The third kappa shape index (κ3) is 4.65. The van der Waals surface area contributed by atoms with Crippen molar-refractivity contribution >= 4 is 39.1 Å². The Morgan fingerprint density at radius 1 is 1.04 bits per heavy atom. The molecule has 1 N–H and O–H groups in total. The number of phenols is 1. The first-order valence-corrected chi connectivity index (χ1v) is 10.2. The molecule has 5 nitrogen and oxygen atoms in total. The van der Waals surface area contributed by atoms with Crippen LogP contribution in [0.4, 0.5) is 0 Å². The Kier molecular flexibility index (Phi) is 6.32. The zero-order valence-electron chi connectivity index (χ0n) is 14.4. The second kappa shape index (κ2) is 8.68. The number of carbonyl (C=O) groups excluding carboxylic acids is 2. The van der Waals surface area contributed by atoms with Gasteiger partial charge in [-0.05, 0) is 53.0 Å². The second-order valence-electron chi connectivity index (χ2n) is 6.25. The first-order valence-electron chi connectivity index (χ1n) is 8.64. The van der Waals surface area contributed by atoms with Gasteiger partial charge in [0.2, 0.25) is 5.91 Å². The summed E-state index contributed by atoms with van der Waals surface area (Å²) in [6.45, 7) is 2.08. The number of para-hydroxylation sites is 1. The summed E-state index contributed by atoms with van der Waals surface area (Å²) in [6.07, 6.45) is 2.28. The summed E-state index contributed by atoms with van der Waals surface area (Å²) in [5, 5.41) is 9.83. The molecular formula is C19H21BrN2O3S. The van der Waals surface area contributed by atoms with E-state index >= 15 is 0 Å². The van der Waals surface area contributed by atoms with E-state index in [0.29, 0.717) is 38.2 Å². The molecule has 1 aromatic heterocycles. The highest BCUT2D eigenvalue weighted by molar-refractivity contribution is 9.11. The topological polar surface area (TPSA) is 60.9 Å². The van der Waals surface area contributed by atoms with Crippen molar-refractivity contribution in [2.24, 2.45) is 0 Å². The number of rotatable bonds is 5. The molecule has 7 heteroatoms. The number of benzene rings is 1. The number of aryl methyl sites for hydroxylation is 1. The van der Waals surface area contributed by atoms with Gasteiger partial charge in [0.15, 0.2) is 0 Å². The van der Waals surface area contributed by atoms with Gasteiger partial charge >= 0.3 is 0 Å². The van der Waals surface area contributed by atoms with Crippen molar-refractivity contribution in [3.63, 3.8) is 0 Å². The van der Waals surface area contributed by atoms with Gasteiger partial charge < -0.3 is 14.9 Å². The molecule has 2 amide bonds. The summed E-state index contributed by atoms with van der Waals surface area (Å²) in [5.41, 5.74) is 0.314. The van der Waals surface area contributed by atoms with Gasteiger partial charge in [-0.3, -0.25) is 9.59 Å². The highest BCUT2D eigenvalue weighted by Gasteiger charge is 2.25. The number of phenolic OH excluding ortho intramolecular Hbond substituents is 1. The van der Waals surface area contributed by atoms with Gasteiger partial charge in [0.1, 0.15) is 5.75 Å². The third-order valence-electron chi connectivity index (χ3n) is 4.50. The highest BCUT2D eigenvalue weighted by atomic mass is 79.9. The van der Waals surface area contributed by atoms with Crippen LogP contribution in [0.2, 0.25) is 0 Å². The van der Waals surface area contributed by atoms with E-state index in [4.69, 9.17) is 0 Å². The van der Waals surface area contributed by atoms with Crippen LogP contribution < -0.4 is 0 Å². The fraction of sp³-hybridized carbons (Fsp3) is 0.368. The predicted octanol–water partition coefficient (Wildman–Crippen LogP) is 3.52. The molecule has 0 aliphatic carbocycles. The van der Waals surface area contributed by atoms with Gasteiger partial charge in [-0.25, -0.2) is 0 Å². The zero-order valence-corrected chi connectivity index (χ0v) is 16.8. The van der Waals surface area contributed by atoms with Crippen LogP contribution in [0.5, 0.6) is 5.75 Å². The van der Waals surface area contributed by atoms with E-state index in [1.807, 2.05) is 11.0 Å². The van der Waals surface area contributed by atoms with Crippen LogP contribution in [0.15, 0.2) is 40.2 Å². The summed E-state index contributed by atoms with van der Waals surface area (Å²) >= 11 is 5.15. The number of aromatic hydroxyl groups is 1. The molecule has 0 spiro atoms. The molecule has 2 aromatic rings.